The number of para-hydroxylation sites is 1. The number of carbonyl (C=O) groups excluding carboxylic acids is 1. The molecule has 1 aromatic rings. The maximum Gasteiger partial charge on any atom is 0.418 e. The average Bonchev–Trinajstić information content (AvgIpc) is 3.08. The average molecular weight is 289 g/mol. The number of benzene rings is 1. The molecule has 2 nitrogen and oxygen atoms in total. The van der Waals surface area contributed by atoms with Crippen LogP contribution in [-0.2, 0) is 11.0 Å². The molecule has 0 atom stereocenters. The Labute approximate surface area is 114 Å². The minimum atomic E-state index is -4.47. The molecule has 1 aliphatic rings. The number of alkyl halides is 3. The molecule has 0 aliphatic heterocycles. The molecule has 0 bridgehead atoms. The highest BCUT2D eigenvalue weighted by Gasteiger charge is 2.43. The second-order valence-corrected chi connectivity index (χ2v) is 5.24. The molecule has 1 fully saturated rings. The fourth-order valence-electron chi connectivity index (χ4n) is 1.94. The summed E-state index contributed by atoms with van der Waals surface area (Å²) in [5.74, 6) is 0.199. The molecular formula is C13H14F3NOS. The smallest absolute Gasteiger partial charge is 0.325 e. The number of hydrogen-bond acceptors (Lipinski definition) is 2. The van der Waals surface area contributed by atoms with Gasteiger partial charge in [0.05, 0.1) is 11.3 Å². The molecule has 1 amide bonds. The van der Waals surface area contributed by atoms with Crippen LogP contribution in [0.3, 0.4) is 0 Å². The molecule has 1 saturated carbocycles. The normalized spacial score (nSPS) is 17.1. The predicted octanol–water partition coefficient (Wildman–Crippen LogP) is 3.74. The minimum absolute atomic E-state index is 0.111. The fraction of sp³-hybridized carbons (Fsp3) is 0.462. The molecule has 1 N–H and O–H groups in total. The van der Waals surface area contributed by atoms with Crippen LogP contribution in [0.2, 0.25) is 0 Å². The van der Waals surface area contributed by atoms with Crippen LogP contribution >= 0.6 is 12.6 Å². The maximum atomic E-state index is 12.8. The van der Waals surface area contributed by atoms with E-state index in [9.17, 15) is 18.0 Å². The van der Waals surface area contributed by atoms with Gasteiger partial charge in [0.15, 0.2) is 0 Å². The fourth-order valence-corrected chi connectivity index (χ4v) is 2.37. The van der Waals surface area contributed by atoms with Crippen LogP contribution in [0, 0.1) is 5.41 Å². The molecule has 104 valence electrons. The number of nitrogens with one attached hydrogen (secondary N) is 1. The summed E-state index contributed by atoms with van der Waals surface area (Å²) in [6.07, 6.45) is -2.43. The second kappa shape index (κ2) is 5.07. The Morgan fingerprint density at radius 3 is 2.47 bits per heavy atom. The summed E-state index contributed by atoms with van der Waals surface area (Å²) in [6, 6.07) is 4.99. The third-order valence-electron chi connectivity index (χ3n) is 3.33. The van der Waals surface area contributed by atoms with Gasteiger partial charge >= 0.3 is 6.18 Å². The number of rotatable bonds is 4. The van der Waals surface area contributed by atoms with Crippen molar-refractivity contribution < 1.29 is 18.0 Å². The summed E-state index contributed by atoms with van der Waals surface area (Å²) < 4.78 is 38.3. The summed E-state index contributed by atoms with van der Waals surface area (Å²) in [6.45, 7) is 0. The van der Waals surface area contributed by atoms with Crippen molar-refractivity contribution in [1.82, 2.24) is 0 Å². The third kappa shape index (κ3) is 3.43. The van der Waals surface area contributed by atoms with Crippen molar-refractivity contribution in [3.05, 3.63) is 29.8 Å². The van der Waals surface area contributed by atoms with Gasteiger partial charge in [-0.2, -0.15) is 25.8 Å². The number of anilines is 1. The first kappa shape index (κ1) is 14.2. The Balaban J connectivity index is 2.09. The van der Waals surface area contributed by atoms with E-state index in [1.807, 2.05) is 0 Å². The summed E-state index contributed by atoms with van der Waals surface area (Å²) in [7, 11) is 0. The zero-order valence-electron chi connectivity index (χ0n) is 10.1. The SMILES string of the molecule is O=C(CC1(CS)CC1)Nc1ccccc1C(F)(F)F. The number of carbonyl (C=O) groups is 1. The highest BCUT2D eigenvalue weighted by atomic mass is 32.1. The van der Waals surface area contributed by atoms with E-state index in [2.05, 4.69) is 17.9 Å². The van der Waals surface area contributed by atoms with Crippen molar-refractivity contribution in [2.24, 2.45) is 5.41 Å². The van der Waals surface area contributed by atoms with Gasteiger partial charge in [0.1, 0.15) is 0 Å². The van der Waals surface area contributed by atoms with E-state index >= 15 is 0 Å². The Morgan fingerprint density at radius 2 is 1.95 bits per heavy atom. The first-order valence-electron chi connectivity index (χ1n) is 5.93. The summed E-state index contributed by atoms with van der Waals surface area (Å²) in [4.78, 5) is 11.8. The maximum absolute atomic E-state index is 12.8. The first-order chi connectivity index (χ1) is 8.86. The van der Waals surface area contributed by atoms with E-state index in [0.29, 0.717) is 5.75 Å². The van der Waals surface area contributed by atoms with Gasteiger partial charge in [0.25, 0.3) is 0 Å². The molecule has 0 saturated heterocycles. The highest BCUT2D eigenvalue weighted by molar-refractivity contribution is 7.80. The Morgan fingerprint density at radius 1 is 1.32 bits per heavy atom. The zero-order valence-corrected chi connectivity index (χ0v) is 11.0. The van der Waals surface area contributed by atoms with Gasteiger partial charge < -0.3 is 5.32 Å². The van der Waals surface area contributed by atoms with Gasteiger partial charge in [-0.25, -0.2) is 0 Å². The lowest BCUT2D eigenvalue weighted by Crippen LogP contribution is -2.20. The van der Waals surface area contributed by atoms with Gasteiger partial charge in [-0.05, 0) is 36.1 Å². The standard InChI is InChI=1S/C13H14F3NOS/c14-13(15,16)9-3-1-2-4-10(9)17-11(18)7-12(8-19)5-6-12/h1-4,19H,5-8H2,(H,17,18). The van der Waals surface area contributed by atoms with E-state index in [4.69, 9.17) is 0 Å². The van der Waals surface area contributed by atoms with Crippen molar-refractivity contribution in [1.29, 1.82) is 0 Å². The van der Waals surface area contributed by atoms with Crippen LogP contribution in [0.5, 0.6) is 0 Å². The highest BCUT2D eigenvalue weighted by Crippen LogP contribution is 2.49. The molecule has 0 spiro atoms. The van der Waals surface area contributed by atoms with Crippen molar-refractivity contribution in [3.63, 3.8) is 0 Å². The quantitative estimate of drug-likeness (QED) is 0.812. The minimum Gasteiger partial charge on any atom is -0.325 e. The van der Waals surface area contributed by atoms with E-state index in [0.717, 1.165) is 18.9 Å². The van der Waals surface area contributed by atoms with Crippen LogP contribution in [-0.4, -0.2) is 11.7 Å². The molecule has 1 aliphatic carbocycles. The van der Waals surface area contributed by atoms with Crippen LogP contribution < -0.4 is 5.32 Å². The molecule has 0 heterocycles. The monoisotopic (exact) mass is 289 g/mol. The molecule has 0 unspecified atom stereocenters. The Bertz CT molecular complexity index is 483. The number of hydrogen-bond donors (Lipinski definition) is 2. The topological polar surface area (TPSA) is 29.1 Å². The van der Waals surface area contributed by atoms with E-state index in [-0.39, 0.29) is 23.4 Å². The van der Waals surface area contributed by atoms with Gasteiger partial charge in [-0.1, -0.05) is 12.1 Å². The van der Waals surface area contributed by atoms with Crippen molar-refractivity contribution in [3.8, 4) is 0 Å². The molecule has 1 aromatic carbocycles. The summed E-state index contributed by atoms with van der Waals surface area (Å²) in [5, 5.41) is 2.35. The van der Waals surface area contributed by atoms with Crippen LogP contribution in [0.4, 0.5) is 18.9 Å². The zero-order chi connectivity index (χ0) is 14.1. The van der Waals surface area contributed by atoms with E-state index < -0.39 is 11.7 Å². The number of halogens is 3. The molecule has 0 radical (unpaired) electrons. The van der Waals surface area contributed by atoms with E-state index in [1.165, 1.54) is 18.2 Å². The van der Waals surface area contributed by atoms with Crippen LogP contribution in [0.15, 0.2) is 24.3 Å². The van der Waals surface area contributed by atoms with Gasteiger partial charge in [0, 0.05) is 6.42 Å². The molecular weight excluding hydrogens is 275 g/mol. The molecule has 6 heteroatoms. The number of amides is 1. The van der Waals surface area contributed by atoms with Crippen molar-refractivity contribution >= 4 is 24.2 Å². The van der Waals surface area contributed by atoms with Gasteiger partial charge in [-0.15, -0.1) is 0 Å². The van der Waals surface area contributed by atoms with Crippen molar-refractivity contribution in [2.45, 2.75) is 25.4 Å². The lowest BCUT2D eigenvalue weighted by atomic mass is 10.0. The third-order valence-corrected chi connectivity index (χ3v) is 4.01. The van der Waals surface area contributed by atoms with Crippen LogP contribution in [0.1, 0.15) is 24.8 Å². The second-order valence-electron chi connectivity index (χ2n) is 4.93. The van der Waals surface area contributed by atoms with Gasteiger partial charge in [-0.3, -0.25) is 4.79 Å². The first-order valence-corrected chi connectivity index (χ1v) is 6.56. The van der Waals surface area contributed by atoms with Crippen LogP contribution in [0.25, 0.3) is 0 Å². The summed E-state index contributed by atoms with van der Waals surface area (Å²) >= 11 is 4.17. The number of thiol groups is 1. The lowest BCUT2D eigenvalue weighted by molar-refractivity contribution is -0.137. The largest absolute Gasteiger partial charge is 0.418 e. The van der Waals surface area contributed by atoms with Gasteiger partial charge in [0.2, 0.25) is 5.91 Å². The lowest BCUT2D eigenvalue weighted by Gasteiger charge is -2.15. The molecule has 0 aromatic heterocycles. The predicted molar refractivity (Wildman–Crippen MR) is 70.2 cm³/mol. The summed E-state index contributed by atoms with van der Waals surface area (Å²) in [5.41, 5.74) is -1.12. The molecule has 19 heavy (non-hydrogen) atoms. The Hall–Kier alpha value is -1.17. The van der Waals surface area contributed by atoms with E-state index in [1.54, 1.807) is 0 Å². The van der Waals surface area contributed by atoms with Crippen molar-refractivity contribution in [2.75, 3.05) is 11.1 Å². The molecule has 2 rings (SSSR count). The Kier molecular flexibility index (Phi) is 3.80.